The van der Waals surface area contributed by atoms with Crippen LogP contribution in [0.3, 0.4) is 0 Å². The zero-order valence-electron chi connectivity index (χ0n) is 15.4. The lowest BCUT2D eigenvalue weighted by Gasteiger charge is -2.30. The molecule has 2 aromatic heterocycles. The lowest BCUT2D eigenvalue weighted by Crippen LogP contribution is -2.26. The van der Waals surface area contributed by atoms with Crippen LogP contribution in [0.15, 0.2) is 94.3 Å². The van der Waals surface area contributed by atoms with Crippen molar-refractivity contribution in [1.29, 1.82) is 0 Å². The van der Waals surface area contributed by atoms with Crippen molar-refractivity contribution in [2.24, 2.45) is 0 Å². The molecule has 0 bridgehead atoms. The van der Waals surface area contributed by atoms with Gasteiger partial charge in [-0.2, -0.15) is 0 Å². The van der Waals surface area contributed by atoms with Gasteiger partial charge in [0.15, 0.2) is 0 Å². The van der Waals surface area contributed by atoms with Gasteiger partial charge in [0, 0.05) is 28.4 Å². The third-order valence-electron chi connectivity index (χ3n) is 5.60. The lowest BCUT2D eigenvalue weighted by molar-refractivity contribution is 0.547. The summed E-state index contributed by atoms with van der Waals surface area (Å²) in [6.07, 6.45) is 1.75. The summed E-state index contributed by atoms with van der Waals surface area (Å²) >= 11 is 0. The average molecular weight is 376 g/mol. The van der Waals surface area contributed by atoms with Gasteiger partial charge in [0.1, 0.15) is 11.6 Å². The van der Waals surface area contributed by atoms with Crippen LogP contribution in [-0.4, -0.2) is 4.98 Å². The fraction of sp³-hybridized carbons (Fsp3) is 0.0400. The Balaban J connectivity index is 1.80. The SMILES string of the molecule is O=c1oc2ccccc2c2c1[C@H](c1ccccn1)Nc1ccc3ccccc3c1-2. The van der Waals surface area contributed by atoms with Crippen LogP contribution in [0.5, 0.6) is 0 Å². The fourth-order valence-electron chi connectivity index (χ4n) is 4.35. The Labute approximate surface area is 166 Å². The molecule has 4 heteroatoms. The summed E-state index contributed by atoms with van der Waals surface area (Å²) in [6.45, 7) is 0. The number of para-hydroxylation sites is 1. The molecule has 138 valence electrons. The number of fused-ring (bicyclic) bond motifs is 7. The number of anilines is 1. The Hall–Kier alpha value is -3.92. The van der Waals surface area contributed by atoms with Crippen LogP contribution >= 0.6 is 0 Å². The molecule has 0 radical (unpaired) electrons. The summed E-state index contributed by atoms with van der Waals surface area (Å²) in [5.41, 5.74) is 4.61. The Morgan fingerprint density at radius 3 is 2.45 bits per heavy atom. The summed E-state index contributed by atoms with van der Waals surface area (Å²) in [6, 6.07) is 25.5. The van der Waals surface area contributed by atoms with Crippen molar-refractivity contribution in [3.05, 3.63) is 107 Å². The van der Waals surface area contributed by atoms with Crippen LogP contribution in [0.1, 0.15) is 17.3 Å². The maximum absolute atomic E-state index is 13.2. The van der Waals surface area contributed by atoms with Crippen LogP contribution in [0.25, 0.3) is 32.9 Å². The zero-order chi connectivity index (χ0) is 19.4. The first kappa shape index (κ1) is 16.1. The van der Waals surface area contributed by atoms with E-state index in [0.717, 1.165) is 38.7 Å². The summed E-state index contributed by atoms with van der Waals surface area (Å²) in [5, 5.41) is 6.71. The molecule has 0 fully saturated rings. The van der Waals surface area contributed by atoms with Crippen molar-refractivity contribution in [3.8, 4) is 11.1 Å². The summed E-state index contributed by atoms with van der Waals surface area (Å²) in [7, 11) is 0. The van der Waals surface area contributed by atoms with E-state index in [1.54, 1.807) is 6.20 Å². The van der Waals surface area contributed by atoms with E-state index < -0.39 is 0 Å². The second-order valence-electron chi connectivity index (χ2n) is 7.22. The minimum Gasteiger partial charge on any atom is -0.422 e. The number of hydrogen-bond donors (Lipinski definition) is 1. The predicted molar refractivity (Wildman–Crippen MR) is 115 cm³/mol. The molecule has 5 aromatic rings. The van der Waals surface area contributed by atoms with Gasteiger partial charge in [0.25, 0.3) is 0 Å². The normalized spacial score (nSPS) is 15.0. The number of hydrogen-bond acceptors (Lipinski definition) is 4. The van der Waals surface area contributed by atoms with Crippen LogP contribution in [-0.2, 0) is 0 Å². The van der Waals surface area contributed by atoms with Crippen molar-refractivity contribution < 1.29 is 4.42 Å². The van der Waals surface area contributed by atoms with E-state index in [1.165, 1.54) is 0 Å². The largest absolute Gasteiger partial charge is 0.422 e. The van der Waals surface area contributed by atoms with Crippen molar-refractivity contribution in [2.45, 2.75) is 6.04 Å². The van der Waals surface area contributed by atoms with Gasteiger partial charge in [-0.1, -0.05) is 54.6 Å². The quantitative estimate of drug-likeness (QED) is 0.391. The molecule has 0 amide bonds. The molecular formula is C25H16N2O2. The maximum atomic E-state index is 13.2. The highest BCUT2D eigenvalue weighted by Crippen LogP contribution is 2.47. The van der Waals surface area contributed by atoms with E-state index in [0.29, 0.717) is 11.1 Å². The average Bonchev–Trinajstić information content (AvgIpc) is 2.78. The maximum Gasteiger partial charge on any atom is 0.342 e. The second-order valence-corrected chi connectivity index (χ2v) is 7.22. The second kappa shape index (κ2) is 6.04. The van der Waals surface area contributed by atoms with Gasteiger partial charge in [0.2, 0.25) is 0 Å². The first-order chi connectivity index (χ1) is 14.3. The highest BCUT2D eigenvalue weighted by Gasteiger charge is 2.32. The summed E-state index contributed by atoms with van der Waals surface area (Å²) in [5.74, 6) is 0. The molecule has 4 nitrogen and oxygen atoms in total. The summed E-state index contributed by atoms with van der Waals surface area (Å²) < 4.78 is 5.72. The zero-order valence-corrected chi connectivity index (χ0v) is 15.4. The first-order valence-corrected chi connectivity index (χ1v) is 9.56. The number of aromatic nitrogens is 1. The topological polar surface area (TPSA) is 55.1 Å². The van der Waals surface area contributed by atoms with E-state index in [-0.39, 0.29) is 11.7 Å². The number of benzene rings is 3. The number of pyridine rings is 1. The van der Waals surface area contributed by atoms with E-state index in [1.807, 2.05) is 54.6 Å². The van der Waals surface area contributed by atoms with E-state index in [9.17, 15) is 4.79 Å². The van der Waals surface area contributed by atoms with E-state index in [4.69, 9.17) is 4.42 Å². The number of nitrogens with zero attached hydrogens (tertiary/aromatic N) is 1. The first-order valence-electron chi connectivity index (χ1n) is 9.56. The van der Waals surface area contributed by atoms with Crippen molar-refractivity contribution in [1.82, 2.24) is 4.98 Å². The highest BCUT2D eigenvalue weighted by molar-refractivity contribution is 6.11. The van der Waals surface area contributed by atoms with E-state index >= 15 is 0 Å². The van der Waals surface area contributed by atoms with Crippen LogP contribution in [0, 0.1) is 0 Å². The molecule has 1 aliphatic rings. The Kier molecular flexibility index (Phi) is 3.35. The van der Waals surface area contributed by atoms with Gasteiger partial charge in [-0.15, -0.1) is 0 Å². The molecular weight excluding hydrogens is 360 g/mol. The lowest BCUT2D eigenvalue weighted by atomic mass is 9.84. The molecule has 6 rings (SSSR count). The van der Waals surface area contributed by atoms with Crippen molar-refractivity contribution >= 4 is 27.4 Å². The van der Waals surface area contributed by atoms with Gasteiger partial charge in [0.05, 0.1) is 11.3 Å². The molecule has 0 saturated carbocycles. The van der Waals surface area contributed by atoms with E-state index in [2.05, 4.69) is 34.6 Å². The Morgan fingerprint density at radius 2 is 1.59 bits per heavy atom. The molecule has 1 atom stereocenters. The molecule has 0 aliphatic carbocycles. The molecule has 1 aliphatic heterocycles. The number of rotatable bonds is 1. The van der Waals surface area contributed by atoms with Crippen LogP contribution in [0.2, 0.25) is 0 Å². The highest BCUT2D eigenvalue weighted by atomic mass is 16.4. The van der Waals surface area contributed by atoms with Crippen molar-refractivity contribution in [3.63, 3.8) is 0 Å². The van der Waals surface area contributed by atoms with Gasteiger partial charge >= 0.3 is 5.63 Å². The van der Waals surface area contributed by atoms with Gasteiger partial charge in [-0.05, 0) is 35.0 Å². The van der Waals surface area contributed by atoms with Crippen molar-refractivity contribution in [2.75, 3.05) is 5.32 Å². The van der Waals surface area contributed by atoms with Crippen LogP contribution < -0.4 is 10.9 Å². The molecule has 0 saturated heterocycles. The molecule has 3 aromatic carbocycles. The smallest absolute Gasteiger partial charge is 0.342 e. The van der Waals surface area contributed by atoms with Gasteiger partial charge < -0.3 is 9.73 Å². The minimum absolute atomic E-state index is 0.333. The Bertz CT molecular complexity index is 1450. The molecule has 0 spiro atoms. The predicted octanol–water partition coefficient (Wildman–Crippen LogP) is 5.52. The molecule has 29 heavy (non-hydrogen) atoms. The summed E-state index contributed by atoms with van der Waals surface area (Å²) in [4.78, 5) is 17.7. The van der Waals surface area contributed by atoms with Crippen LogP contribution in [0.4, 0.5) is 5.69 Å². The third kappa shape index (κ3) is 2.32. The standard InChI is InChI=1S/C25H16N2O2/c28-25-23-22(17-9-3-4-11-20(17)29-25)21-16-8-2-1-7-15(16)12-13-18(21)27-24(23)19-10-5-6-14-26-19/h1-14,24,27H/t24-/m0/s1. The minimum atomic E-state index is -0.374. The van der Waals surface area contributed by atoms with Gasteiger partial charge in [-0.25, -0.2) is 4.79 Å². The monoisotopic (exact) mass is 376 g/mol. The molecule has 0 unspecified atom stereocenters. The fourth-order valence-corrected chi connectivity index (χ4v) is 4.35. The molecule has 3 heterocycles. The van der Waals surface area contributed by atoms with Gasteiger partial charge in [-0.3, -0.25) is 4.98 Å². The Morgan fingerprint density at radius 1 is 0.793 bits per heavy atom. The number of nitrogens with one attached hydrogen (secondary N) is 1. The third-order valence-corrected chi connectivity index (χ3v) is 5.60. The molecule has 1 N–H and O–H groups in total.